The molecule has 1 unspecified atom stereocenters. The van der Waals surface area contributed by atoms with E-state index < -0.39 is 0 Å². The van der Waals surface area contributed by atoms with Crippen molar-refractivity contribution in [1.29, 1.82) is 0 Å². The van der Waals surface area contributed by atoms with E-state index in [0.717, 1.165) is 6.54 Å². The van der Waals surface area contributed by atoms with Crippen LogP contribution < -0.4 is 5.73 Å². The first-order valence-corrected chi connectivity index (χ1v) is 9.94. The van der Waals surface area contributed by atoms with Crippen molar-refractivity contribution in [2.75, 3.05) is 19.6 Å². The van der Waals surface area contributed by atoms with Crippen LogP contribution in [0.3, 0.4) is 0 Å². The van der Waals surface area contributed by atoms with Gasteiger partial charge in [0.15, 0.2) is 0 Å². The smallest absolute Gasteiger partial charge is 0.0564 e. The molecular formula is C17H27BrN2S. The molecule has 1 aromatic heterocycles. The lowest BCUT2D eigenvalue weighted by Crippen LogP contribution is -2.44. The Morgan fingerprint density at radius 1 is 1.24 bits per heavy atom. The number of hydrogen-bond donors (Lipinski definition) is 1. The first-order valence-electron chi connectivity index (χ1n) is 8.33. The number of aryl methyl sites for hydroxylation is 1. The molecule has 1 aliphatic heterocycles. The number of piperidine rings is 1. The second-order valence-electron chi connectivity index (χ2n) is 6.90. The molecule has 2 N–H and O–H groups in total. The molecule has 2 aliphatic rings. The second-order valence-corrected chi connectivity index (χ2v) is 9.04. The van der Waals surface area contributed by atoms with Gasteiger partial charge in [0.25, 0.3) is 0 Å². The minimum atomic E-state index is 0.418. The van der Waals surface area contributed by atoms with Gasteiger partial charge >= 0.3 is 0 Å². The molecule has 0 radical (unpaired) electrons. The number of likely N-dealkylation sites (tertiary alicyclic amines) is 1. The average molecular weight is 371 g/mol. The number of halogens is 1. The summed E-state index contributed by atoms with van der Waals surface area (Å²) in [5, 5.41) is 0. The summed E-state index contributed by atoms with van der Waals surface area (Å²) in [5.74, 6) is 0. The Morgan fingerprint density at radius 2 is 1.90 bits per heavy atom. The van der Waals surface area contributed by atoms with Gasteiger partial charge < -0.3 is 5.73 Å². The molecule has 4 heteroatoms. The van der Waals surface area contributed by atoms with Crippen molar-refractivity contribution < 1.29 is 0 Å². The third-order valence-corrected chi connectivity index (χ3v) is 7.88. The third-order valence-electron chi connectivity index (χ3n) is 5.64. The summed E-state index contributed by atoms with van der Waals surface area (Å²) in [6.07, 6.45) is 10.1. The first kappa shape index (κ1) is 16.0. The monoisotopic (exact) mass is 370 g/mol. The number of nitrogens with two attached hydrogens (primary N) is 1. The quantitative estimate of drug-likeness (QED) is 0.822. The van der Waals surface area contributed by atoms with E-state index >= 15 is 0 Å². The van der Waals surface area contributed by atoms with E-state index in [-0.39, 0.29) is 0 Å². The van der Waals surface area contributed by atoms with Crippen molar-refractivity contribution in [3.8, 4) is 0 Å². The van der Waals surface area contributed by atoms with E-state index in [4.69, 9.17) is 5.73 Å². The maximum Gasteiger partial charge on any atom is 0.0564 e. The van der Waals surface area contributed by atoms with Gasteiger partial charge in [0.05, 0.1) is 6.04 Å². The summed E-state index contributed by atoms with van der Waals surface area (Å²) < 4.78 is 1.24. The Hall–Kier alpha value is 0.100. The summed E-state index contributed by atoms with van der Waals surface area (Å²) in [4.78, 5) is 5.43. The molecule has 1 saturated heterocycles. The zero-order chi connectivity index (χ0) is 14.9. The van der Waals surface area contributed by atoms with Gasteiger partial charge in [-0.15, -0.1) is 11.3 Å². The minimum Gasteiger partial charge on any atom is -0.329 e. The van der Waals surface area contributed by atoms with Crippen LogP contribution in [0, 0.1) is 12.3 Å². The molecule has 1 aromatic rings. The van der Waals surface area contributed by atoms with Gasteiger partial charge in [-0.1, -0.05) is 19.3 Å². The van der Waals surface area contributed by atoms with Crippen molar-refractivity contribution in [3.63, 3.8) is 0 Å². The molecule has 118 valence electrons. The van der Waals surface area contributed by atoms with E-state index in [1.807, 2.05) is 11.3 Å². The largest absolute Gasteiger partial charge is 0.329 e. The fourth-order valence-electron chi connectivity index (χ4n) is 4.20. The van der Waals surface area contributed by atoms with Crippen LogP contribution >= 0.6 is 27.3 Å². The fourth-order valence-corrected chi connectivity index (χ4v) is 5.91. The highest BCUT2D eigenvalue weighted by atomic mass is 79.9. The Labute approximate surface area is 141 Å². The molecule has 1 atom stereocenters. The predicted octanol–water partition coefficient (Wildman–Crippen LogP) is 4.87. The van der Waals surface area contributed by atoms with Crippen LogP contribution in [0.1, 0.15) is 60.7 Å². The third kappa shape index (κ3) is 3.39. The minimum absolute atomic E-state index is 0.418. The van der Waals surface area contributed by atoms with Crippen LogP contribution in [0.25, 0.3) is 0 Å². The molecule has 21 heavy (non-hydrogen) atoms. The number of hydrogen-bond acceptors (Lipinski definition) is 3. The molecule has 1 aliphatic carbocycles. The highest BCUT2D eigenvalue weighted by molar-refractivity contribution is 9.10. The van der Waals surface area contributed by atoms with Crippen LogP contribution in [0.5, 0.6) is 0 Å². The lowest BCUT2D eigenvalue weighted by Gasteiger charge is -2.46. The molecule has 0 amide bonds. The topological polar surface area (TPSA) is 29.3 Å². The molecule has 1 saturated carbocycles. The van der Waals surface area contributed by atoms with Gasteiger partial charge in [-0.3, -0.25) is 4.90 Å². The van der Waals surface area contributed by atoms with Gasteiger partial charge in [-0.25, -0.2) is 0 Å². The van der Waals surface area contributed by atoms with Crippen molar-refractivity contribution >= 4 is 27.3 Å². The van der Waals surface area contributed by atoms with Crippen LogP contribution in [-0.4, -0.2) is 24.5 Å². The molecule has 1 spiro atoms. The van der Waals surface area contributed by atoms with Gasteiger partial charge in [-0.05, 0) is 73.1 Å². The highest BCUT2D eigenvalue weighted by Gasteiger charge is 2.37. The molecule has 2 fully saturated rings. The van der Waals surface area contributed by atoms with Crippen LogP contribution in [0.4, 0.5) is 0 Å². The highest BCUT2D eigenvalue weighted by Crippen LogP contribution is 2.46. The lowest BCUT2D eigenvalue weighted by atomic mass is 9.68. The van der Waals surface area contributed by atoms with Crippen molar-refractivity contribution in [3.05, 3.63) is 20.3 Å². The van der Waals surface area contributed by atoms with Crippen LogP contribution in [0.2, 0.25) is 0 Å². The van der Waals surface area contributed by atoms with Gasteiger partial charge in [0.2, 0.25) is 0 Å². The fraction of sp³-hybridized carbons (Fsp3) is 0.765. The van der Waals surface area contributed by atoms with E-state index in [0.29, 0.717) is 11.5 Å². The second kappa shape index (κ2) is 6.69. The standard InChI is InChI=1S/C17H27BrN2S/c1-13-14(18)11-16(21-13)15(12-19)20-9-7-17(8-10-20)5-3-2-4-6-17/h11,15H,2-10,12,19H2,1H3. The molecule has 2 heterocycles. The molecule has 2 nitrogen and oxygen atoms in total. The first-order chi connectivity index (χ1) is 10.1. The molecule has 3 rings (SSSR count). The van der Waals surface area contributed by atoms with E-state index in [1.54, 1.807) is 0 Å². The summed E-state index contributed by atoms with van der Waals surface area (Å²) >= 11 is 5.55. The zero-order valence-electron chi connectivity index (χ0n) is 13.0. The summed E-state index contributed by atoms with van der Waals surface area (Å²) in [6, 6.07) is 2.70. The molecular weight excluding hydrogens is 344 g/mol. The van der Waals surface area contributed by atoms with E-state index in [1.165, 1.54) is 72.3 Å². The summed E-state index contributed by atoms with van der Waals surface area (Å²) in [7, 11) is 0. The maximum atomic E-state index is 6.11. The maximum absolute atomic E-state index is 6.11. The van der Waals surface area contributed by atoms with E-state index in [2.05, 4.69) is 33.8 Å². The number of rotatable bonds is 3. The van der Waals surface area contributed by atoms with Crippen LogP contribution in [-0.2, 0) is 0 Å². The van der Waals surface area contributed by atoms with Gasteiger partial charge in [0.1, 0.15) is 0 Å². The molecule has 0 aromatic carbocycles. The predicted molar refractivity (Wildman–Crippen MR) is 94.9 cm³/mol. The van der Waals surface area contributed by atoms with Crippen molar-refractivity contribution in [2.45, 2.75) is 57.9 Å². The van der Waals surface area contributed by atoms with Gasteiger partial charge in [-0.2, -0.15) is 0 Å². The Kier molecular flexibility index (Phi) is 5.09. The van der Waals surface area contributed by atoms with Crippen LogP contribution in [0.15, 0.2) is 10.5 Å². The lowest BCUT2D eigenvalue weighted by molar-refractivity contribution is 0.0472. The summed E-state index contributed by atoms with van der Waals surface area (Å²) in [5.41, 5.74) is 6.80. The zero-order valence-corrected chi connectivity index (χ0v) is 15.4. The Bertz CT molecular complexity index is 450. The average Bonchev–Trinajstić information content (AvgIpc) is 2.82. The Morgan fingerprint density at radius 3 is 2.43 bits per heavy atom. The molecule has 0 bridgehead atoms. The number of thiophene rings is 1. The normalized spacial score (nSPS) is 24.3. The SMILES string of the molecule is Cc1sc(C(CN)N2CCC3(CCCCC3)CC2)cc1Br. The summed E-state index contributed by atoms with van der Waals surface area (Å²) in [6.45, 7) is 5.38. The van der Waals surface area contributed by atoms with Crippen molar-refractivity contribution in [2.24, 2.45) is 11.1 Å². The van der Waals surface area contributed by atoms with Gasteiger partial charge in [0, 0.05) is 20.8 Å². The Balaban J connectivity index is 1.66. The van der Waals surface area contributed by atoms with Crippen molar-refractivity contribution in [1.82, 2.24) is 4.90 Å². The number of nitrogens with zero attached hydrogens (tertiary/aromatic N) is 1. The van der Waals surface area contributed by atoms with E-state index in [9.17, 15) is 0 Å².